The highest BCUT2D eigenvalue weighted by Crippen LogP contribution is 2.24. The lowest BCUT2D eigenvalue weighted by Gasteiger charge is -2.19. The van der Waals surface area contributed by atoms with Crippen LogP contribution in [0.4, 0.5) is 11.5 Å². The van der Waals surface area contributed by atoms with Crippen molar-refractivity contribution in [1.82, 2.24) is 15.3 Å². The van der Waals surface area contributed by atoms with Crippen LogP contribution in [0, 0.1) is 0 Å². The average molecular weight is 254 g/mol. The summed E-state index contributed by atoms with van der Waals surface area (Å²) in [7, 11) is 0. The van der Waals surface area contributed by atoms with Crippen molar-refractivity contribution in [3.05, 3.63) is 47.4 Å². The molecule has 0 saturated carbocycles. The Morgan fingerprint density at radius 1 is 1.26 bits per heavy atom. The van der Waals surface area contributed by atoms with E-state index in [4.69, 9.17) is 0 Å². The SMILES string of the molecule is CCc1ccccc1Nc1ncnc2c1CNCC2. The second-order valence-electron chi connectivity index (χ2n) is 4.71. The Morgan fingerprint density at radius 2 is 2.16 bits per heavy atom. The van der Waals surface area contributed by atoms with E-state index in [0.29, 0.717) is 0 Å². The Hall–Kier alpha value is -1.94. The summed E-state index contributed by atoms with van der Waals surface area (Å²) < 4.78 is 0. The first-order valence-electron chi connectivity index (χ1n) is 6.77. The van der Waals surface area contributed by atoms with Gasteiger partial charge in [-0.1, -0.05) is 25.1 Å². The number of nitrogens with zero attached hydrogens (tertiary/aromatic N) is 2. The number of hydrogen-bond acceptors (Lipinski definition) is 4. The summed E-state index contributed by atoms with van der Waals surface area (Å²) >= 11 is 0. The highest BCUT2D eigenvalue weighted by Gasteiger charge is 2.15. The van der Waals surface area contributed by atoms with E-state index in [0.717, 1.165) is 43.1 Å². The molecule has 0 saturated heterocycles. The van der Waals surface area contributed by atoms with Gasteiger partial charge in [0.2, 0.25) is 0 Å². The van der Waals surface area contributed by atoms with E-state index in [1.54, 1.807) is 6.33 Å². The lowest BCUT2D eigenvalue weighted by molar-refractivity contribution is 0.627. The van der Waals surface area contributed by atoms with Crippen LogP contribution in [0.3, 0.4) is 0 Å². The van der Waals surface area contributed by atoms with E-state index in [1.807, 2.05) is 6.07 Å². The van der Waals surface area contributed by atoms with E-state index in [2.05, 4.69) is 45.7 Å². The number of hydrogen-bond donors (Lipinski definition) is 2. The van der Waals surface area contributed by atoms with Crippen molar-refractivity contribution in [2.45, 2.75) is 26.3 Å². The normalized spacial score (nSPS) is 13.9. The second kappa shape index (κ2) is 5.36. The Kier molecular flexibility index (Phi) is 3.42. The smallest absolute Gasteiger partial charge is 0.138 e. The topological polar surface area (TPSA) is 49.8 Å². The molecule has 0 bridgehead atoms. The van der Waals surface area contributed by atoms with Gasteiger partial charge in [-0.3, -0.25) is 0 Å². The first-order valence-corrected chi connectivity index (χ1v) is 6.77. The van der Waals surface area contributed by atoms with Gasteiger partial charge in [0.1, 0.15) is 12.1 Å². The van der Waals surface area contributed by atoms with Crippen LogP contribution in [0.5, 0.6) is 0 Å². The van der Waals surface area contributed by atoms with Gasteiger partial charge in [-0.2, -0.15) is 0 Å². The fourth-order valence-corrected chi connectivity index (χ4v) is 2.46. The van der Waals surface area contributed by atoms with E-state index < -0.39 is 0 Å². The summed E-state index contributed by atoms with van der Waals surface area (Å²) in [6.45, 7) is 4.00. The summed E-state index contributed by atoms with van der Waals surface area (Å²) in [5.74, 6) is 0.929. The number of rotatable bonds is 3. The van der Waals surface area contributed by atoms with Gasteiger partial charge in [-0.05, 0) is 18.1 Å². The van der Waals surface area contributed by atoms with Crippen LogP contribution >= 0.6 is 0 Å². The minimum atomic E-state index is 0.840. The molecule has 0 spiro atoms. The quantitative estimate of drug-likeness (QED) is 0.883. The average Bonchev–Trinajstić information content (AvgIpc) is 2.48. The third kappa shape index (κ3) is 2.44. The molecule has 98 valence electrons. The van der Waals surface area contributed by atoms with Crippen molar-refractivity contribution in [1.29, 1.82) is 0 Å². The van der Waals surface area contributed by atoms with Crippen LogP contribution in [0.25, 0.3) is 0 Å². The van der Waals surface area contributed by atoms with E-state index in [1.165, 1.54) is 11.1 Å². The number of fused-ring (bicyclic) bond motifs is 1. The fourth-order valence-electron chi connectivity index (χ4n) is 2.46. The van der Waals surface area contributed by atoms with Gasteiger partial charge in [0, 0.05) is 30.8 Å². The van der Waals surface area contributed by atoms with Gasteiger partial charge in [0.25, 0.3) is 0 Å². The van der Waals surface area contributed by atoms with Crippen LogP contribution in [0.15, 0.2) is 30.6 Å². The van der Waals surface area contributed by atoms with Gasteiger partial charge >= 0.3 is 0 Å². The zero-order valence-corrected chi connectivity index (χ0v) is 11.1. The van der Waals surface area contributed by atoms with Gasteiger partial charge in [-0.15, -0.1) is 0 Å². The largest absolute Gasteiger partial charge is 0.340 e. The molecule has 1 aliphatic heterocycles. The maximum absolute atomic E-state index is 4.40. The van der Waals surface area contributed by atoms with Gasteiger partial charge in [0.05, 0.1) is 5.69 Å². The van der Waals surface area contributed by atoms with E-state index in [9.17, 15) is 0 Å². The summed E-state index contributed by atoms with van der Waals surface area (Å²) in [4.78, 5) is 8.77. The summed E-state index contributed by atoms with van der Waals surface area (Å²) in [6, 6.07) is 8.37. The molecule has 1 aromatic heterocycles. The van der Waals surface area contributed by atoms with Crippen molar-refractivity contribution in [2.75, 3.05) is 11.9 Å². The van der Waals surface area contributed by atoms with Crippen LogP contribution in [-0.4, -0.2) is 16.5 Å². The zero-order valence-electron chi connectivity index (χ0n) is 11.1. The number of anilines is 2. The number of aromatic nitrogens is 2. The second-order valence-corrected chi connectivity index (χ2v) is 4.71. The molecule has 1 aliphatic rings. The first kappa shape index (κ1) is 12.1. The standard InChI is InChI=1S/C15H18N4/c1-2-11-5-3-4-6-13(11)19-15-12-9-16-8-7-14(12)17-10-18-15/h3-6,10,16H,2,7-9H2,1H3,(H,17,18,19). The monoisotopic (exact) mass is 254 g/mol. The Bertz CT molecular complexity index is 580. The summed E-state index contributed by atoms with van der Waals surface area (Å²) in [6.07, 6.45) is 3.64. The van der Waals surface area contributed by atoms with Crippen LogP contribution < -0.4 is 10.6 Å². The maximum Gasteiger partial charge on any atom is 0.138 e. The lowest BCUT2D eigenvalue weighted by atomic mass is 10.1. The molecule has 2 N–H and O–H groups in total. The molecule has 4 heteroatoms. The summed E-state index contributed by atoms with van der Waals surface area (Å²) in [5.41, 5.74) is 4.79. The maximum atomic E-state index is 4.40. The molecule has 0 unspecified atom stereocenters. The van der Waals surface area contributed by atoms with Gasteiger partial charge < -0.3 is 10.6 Å². The first-order chi connectivity index (χ1) is 9.38. The van der Waals surface area contributed by atoms with Crippen molar-refractivity contribution in [2.24, 2.45) is 0 Å². The lowest BCUT2D eigenvalue weighted by Crippen LogP contribution is -2.25. The van der Waals surface area contributed by atoms with Crippen molar-refractivity contribution in [3.8, 4) is 0 Å². The zero-order chi connectivity index (χ0) is 13.1. The van der Waals surface area contributed by atoms with Crippen molar-refractivity contribution < 1.29 is 0 Å². The third-order valence-electron chi connectivity index (χ3n) is 3.53. The predicted octanol–water partition coefficient (Wildman–Crippen LogP) is 2.43. The molecular weight excluding hydrogens is 236 g/mol. The number of benzene rings is 1. The van der Waals surface area contributed by atoms with Crippen LogP contribution in [0.1, 0.15) is 23.7 Å². The predicted molar refractivity (Wildman–Crippen MR) is 76.5 cm³/mol. The Labute approximate surface area is 113 Å². The molecule has 19 heavy (non-hydrogen) atoms. The van der Waals surface area contributed by atoms with Crippen molar-refractivity contribution >= 4 is 11.5 Å². The van der Waals surface area contributed by atoms with Gasteiger partial charge in [0.15, 0.2) is 0 Å². The molecule has 4 nitrogen and oxygen atoms in total. The number of aryl methyl sites for hydroxylation is 1. The number of nitrogens with one attached hydrogen (secondary N) is 2. The third-order valence-corrected chi connectivity index (χ3v) is 3.53. The Morgan fingerprint density at radius 3 is 3.05 bits per heavy atom. The molecule has 0 atom stereocenters. The molecule has 0 aliphatic carbocycles. The Balaban J connectivity index is 1.95. The minimum Gasteiger partial charge on any atom is -0.340 e. The summed E-state index contributed by atoms with van der Waals surface area (Å²) in [5, 5.41) is 6.84. The van der Waals surface area contributed by atoms with Crippen LogP contribution in [0.2, 0.25) is 0 Å². The van der Waals surface area contributed by atoms with Crippen molar-refractivity contribution in [3.63, 3.8) is 0 Å². The van der Waals surface area contributed by atoms with Gasteiger partial charge in [-0.25, -0.2) is 9.97 Å². The molecule has 1 aromatic carbocycles. The van der Waals surface area contributed by atoms with Crippen LogP contribution in [-0.2, 0) is 19.4 Å². The molecule has 0 amide bonds. The molecule has 2 aromatic rings. The molecule has 2 heterocycles. The molecule has 3 rings (SSSR count). The fraction of sp³-hybridized carbons (Fsp3) is 0.333. The van der Waals surface area contributed by atoms with E-state index in [-0.39, 0.29) is 0 Å². The number of para-hydroxylation sites is 1. The molecule has 0 radical (unpaired) electrons. The molecule has 0 fully saturated rings. The van der Waals surface area contributed by atoms with E-state index >= 15 is 0 Å². The highest BCUT2D eigenvalue weighted by atomic mass is 15.0. The highest BCUT2D eigenvalue weighted by molar-refractivity contribution is 5.63. The molecular formula is C15H18N4. The minimum absolute atomic E-state index is 0.840.